The van der Waals surface area contributed by atoms with Crippen molar-refractivity contribution in [3.8, 4) is 0 Å². The maximum atomic E-state index is 12.6. The van der Waals surface area contributed by atoms with Gasteiger partial charge in [-0.2, -0.15) is 0 Å². The van der Waals surface area contributed by atoms with Crippen LogP contribution in [0.5, 0.6) is 0 Å². The van der Waals surface area contributed by atoms with Crippen molar-refractivity contribution in [2.45, 2.75) is 89.0 Å². The van der Waals surface area contributed by atoms with Crippen LogP contribution in [-0.2, 0) is 14.2 Å². The van der Waals surface area contributed by atoms with E-state index in [-0.39, 0.29) is 18.2 Å². The van der Waals surface area contributed by atoms with Crippen LogP contribution in [0.4, 0.5) is 4.79 Å². The lowest BCUT2D eigenvalue weighted by molar-refractivity contribution is -0.0983. The van der Waals surface area contributed by atoms with Crippen molar-refractivity contribution in [2.24, 2.45) is 0 Å². The lowest BCUT2D eigenvalue weighted by Gasteiger charge is -2.51. The van der Waals surface area contributed by atoms with E-state index in [0.29, 0.717) is 32.7 Å². The van der Waals surface area contributed by atoms with Crippen molar-refractivity contribution in [2.75, 3.05) is 26.9 Å². The number of nitrogens with zero attached hydrogens (tertiary/aromatic N) is 1. The molecular weight excluding hydrogens is 322 g/mol. The second-order valence-electron chi connectivity index (χ2n) is 8.47. The normalized spacial score (nSPS) is 29.6. The van der Waals surface area contributed by atoms with Gasteiger partial charge in [-0.05, 0) is 65.7 Å². The van der Waals surface area contributed by atoms with Crippen molar-refractivity contribution < 1.29 is 24.1 Å². The molecule has 1 N–H and O–H groups in total. The van der Waals surface area contributed by atoms with Gasteiger partial charge in [-0.25, -0.2) is 4.79 Å². The van der Waals surface area contributed by atoms with Crippen molar-refractivity contribution in [1.29, 1.82) is 0 Å². The molecule has 0 spiro atoms. The van der Waals surface area contributed by atoms with Gasteiger partial charge in [-0.15, -0.1) is 0 Å². The second kappa shape index (κ2) is 8.69. The highest BCUT2D eigenvalue weighted by Crippen LogP contribution is 2.41. The summed E-state index contributed by atoms with van der Waals surface area (Å²) in [6, 6.07) is 0.170. The van der Waals surface area contributed by atoms with E-state index in [1.54, 1.807) is 7.11 Å². The number of carbonyl (C=O) groups excluding carboxylic acids is 1. The van der Waals surface area contributed by atoms with Crippen LogP contribution in [0.2, 0.25) is 0 Å². The quantitative estimate of drug-likeness (QED) is 0.709. The molecule has 0 aromatic rings. The third kappa shape index (κ3) is 6.12. The van der Waals surface area contributed by atoms with Crippen molar-refractivity contribution in [3.05, 3.63) is 0 Å². The maximum absolute atomic E-state index is 12.6. The number of hydrogen-bond acceptors (Lipinski definition) is 5. The fourth-order valence-electron chi connectivity index (χ4n) is 4.09. The highest BCUT2D eigenvalue weighted by molar-refractivity contribution is 5.69. The largest absolute Gasteiger partial charge is 0.444 e. The van der Waals surface area contributed by atoms with Gasteiger partial charge in [0.15, 0.2) is 0 Å². The molecule has 2 aliphatic heterocycles. The predicted octanol–water partition coefficient (Wildman–Crippen LogP) is 3.11. The molecule has 2 aliphatic rings. The van der Waals surface area contributed by atoms with Crippen LogP contribution in [0.3, 0.4) is 0 Å². The van der Waals surface area contributed by atoms with E-state index in [9.17, 15) is 9.90 Å². The van der Waals surface area contributed by atoms with Crippen LogP contribution in [0.15, 0.2) is 0 Å². The number of rotatable bonds is 7. The Labute approximate surface area is 151 Å². The molecule has 2 fully saturated rings. The number of fused-ring (bicyclic) bond motifs is 2. The lowest BCUT2D eigenvalue weighted by atomic mass is 9.74. The molecule has 0 saturated carbocycles. The van der Waals surface area contributed by atoms with Gasteiger partial charge in [0.2, 0.25) is 0 Å². The first-order valence-corrected chi connectivity index (χ1v) is 9.54. The Morgan fingerprint density at radius 1 is 1.16 bits per heavy atom. The van der Waals surface area contributed by atoms with Crippen LogP contribution in [0, 0.1) is 0 Å². The summed E-state index contributed by atoms with van der Waals surface area (Å²) in [5.41, 5.74) is -1.18. The Bertz CT molecular complexity index is 420. The van der Waals surface area contributed by atoms with E-state index in [2.05, 4.69) is 0 Å². The van der Waals surface area contributed by atoms with E-state index >= 15 is 0 Å². The average molecular weight is 357 g/mol. The Morgan fingerprint density at radius 3 is 2.36 bits per heavy atom. The smallest absolute Gasteiger partial charge is 0.410 e. The molecule has 0 aliphatic carbocycles. The highest BCUT2D eigenvalue weighted by atomic mass is 16.6. The molecule has 2 bridgehead atoms. The number of carbonyl (C=O) groups is 1. The molecule has 25 heavy (non-hydrogen) atoms. The summed E-state index contributed by atoms with van der Waals surface area (Å²) in [6.07, 6.45) is 5.60. The zero-order valence-electron chi connectivity index (χ0n) is 16.3. The molecule has 1 amide bonds. The molecule has 2 saturated heterocycles. The summed E-state index contributed by atoms with van der Waals surface area (Å²) >= 11 is 0. The number of hydrogen-bond donors (Lipinski definition) is 1. The summed E-state index contributed by atoms with van der Waals surface area (Å²) in [6.45, 7) is 7.50. The number of piperidine rings is 2. The number of ether oxygens (including phenoxy) is 3. The van der Waals surface area contributed by atoms with Gasteiger partial charge >= 0.3 is 6.09 Å². The molecule has 146 valence electrons. The molecular formula is C19H35NO5. The monoisotopic (exact) mass is 357 g/mol. The molecule has 2 unspecified atom stereocenters. The van der Waals surface area contributed by atoms with E-state index in [0.717, 1.165) is 32.1 Å². The summed E-state index contributed by atoms with van der Waals surface area (Å²) in [5.74, 6) is 0. The Hall–Kier alpha value is -0.850. The average Bonchev–Trinajstić information content (AvgIpc) is 2.48. The van der Waals surface area contributed by atoms with Crippen LogP contribution in [0.1, 0.15) is 65.7 Å². The van der Waals surface area contributed by atoms with Gasteiger partial charge < -0.3 is 24.2 Å². The van der Waals surface area contributed by atoms with Gasteiger partial charge in [0, 0.05) is 25.8 Å². The van der Waals surface area contributed by atoms with Gasteiger partial charge in [0.05, 0.1) is 18.8 Å². The van der Waals surface area contributed by atoms with Crippen molar-refractivity contribution in [3.63, 3.8) is 0 Å². The van der Waals surface area contributed by atoms with Crippen LogP contribution in [-0.4, -0.2) is 66.3 Å². The molecule has 0 aromatic heterocycles. The van der Waals surface area contributed by atoms with Gasteiger partial charge in [-0.1, -0.05) is 0 Å². The minimum atomic E-state index is -0.696. The van der Waals surface area contributed by atoms with E-state index in [1.807, 2.05) is 25.7 Å². The molecule has 2 heterocycles. The van der Waals surface area contributed by atoms with Gasteiger partial charge in [-0.3, -0.25) is 0 Å². The molecule has 6 heteroatoms. The summed E-state index contributed by atoms with van der Waals surface area (Å²) in [4.78, 5) is 14.5. The maximum Gasteiger partial charge on any atom is 0.410 e. The minimum absolute atomic E-state index is 0.0850. The van der Waals surface area contributed by atoms with Gasteiger partial charge in [0.25, 0.3) is 0 Å². The number of amides is 1. The van der Waals surface area contributed by atoms with E-state index < -0.39 is 11.2 Å². The molecule has 6 nitrogen and oxygen atoms in total. The molecule has 0 aromatic carbocycles. The van der Waals surface area contributed by atoms with Crippen LogP contribution >= 0.6 is 0 Å². The summed E-state index contributed by atoms with van der Waals surface area (Å²) in [7, 11) is 1.66. The first-order valence-electron chi connectivity index (χ1n) is 9.54. The third-order valence-electron chi connectivity index (χ3n) is 5.06. The van der Waals surface area contributed by atoms with E-state index in [1.165, 1.54) is 0 Å². The standard InChI is InChI=1S/C19H35NO5/c1-18(2,3)25-17(21)20-15-7-5-8-16(20)14-19(22,13-15)9-6-10-24-12-11-23-4/h15-16,22H,5-14H2,1-4H3. The summed E-state index contributed by atoms with van der Waals surface area (Å²) < 4.78 is 16.0. The lowest BCUT2D eigenvalue weighted by Crippen LogP contribution is -2.60. The third-order valence-corrected chi connectivity index (χ3v) is 5.06. The molecule has 2 rings (SSSR count). The summed E-state index contributed by atoms with van der Waals surface area (Å²) in [5, 5.41) is 11.1. The highest BCUT2D eigenvalue weighted by Gasteiger charge is 2.48. The fourth-order valence-corrected chi connectivity index (χ4v) is 4.09. The number of aliphatic hydroxyl groups is 1. The Kier molecular flexibility index (Phi) is 7.11. The zero-order chi connectivity index (χ0) is 18.5. The van der Waals surface area contributed by atoms with Crippen LogP contribution in [0.25, 0.3) is 0 Å². The first kappa shape index (κ1) is 20.5. The molecule has 2 atom stereocenters. The van der Waals surface area contributed by atoms with Crippen molar-refractivity contribution >= 4 is 6.09 Å². The second-order valence-corrected chi connectivity index (χ2v) is 8.47. The number of methoxy groups -OCH3 is 1. The first-order chi connectivity index (χ1) is 11.7. The zero-order valence-corrected chi connectivity index (χ0v) is 16.3. The minimum Gasteiger partial charge on any atom is -0.444 e. The topological polar surface area (TPSA) is 68.2 Å². The van der Waals surface area contributed by atoms with Gasteiger partial charge in [0.1, 0.15) is 5.60 Å². The SMILES string of the molecule is COCCOCCCC1(O)CC2CCCC(C1)N2C(=O)OC(C)(C)C. The van der Waals surface area contributed by atoms with Crippen molar-refractivity contribution in [1.82, 2.24) is 4.90 Å². The van der Waals surface area contributed by atoms with E-state index in [4.69, 9.17) is 14.2 Å². The predicted molar refractivity (Wildman–Crippen MR) is 95.6 cm³/mol. The Balaban J connectivity index is 1.88. The van der Waals surface area contributed by atoms with Crippen LogP contribution < -0.4 is 0 Å². The fraction of sp³-hybridized carbons (Fsp3) is 0.947. The molecule has 0 radical (unpaired) electrons. The Morgan fingerprint density at radius 2 is 1.80 bits per heavy atom.